The summed E-state index contributed by atoms with van der Waals surface area (Å²) in [6, 6.07) is 13.7. The third-order valence-electron chi connectivity index (χ3n) is 3.87. The topological polar surface area (TPSA) is 54.9 Å². The molecule has 0 aromatic heterocycles. The number of hydrogen-bond donors (Lipinski definition) is 2. The summed E-state index contributed by atoms with van der Waals surface area (Å²) in [4.78, 5) is 4.23. The van der Waals surface area contributed by atoms with Gasteiger partial charge in [-0.3, -0.25) is 4.99 Å². The summed E-state index contributed by atoms with van der Waals surface area (Å²) in [5.41, 5.74) is 1.11. The first-order valence-electron chi connectivity index (χ1n) is 9.26. The van der Waals surface area contributed by atoms with Gasteiger partial charge in [-0.15, -0.1) is 0 Å². The lowest BCUT2D eigenvalue weighted by Gasteiger charge is -2.12. The van der Waals surface area contributed by atoms with E-state index in [0.717, 1.165) is 44.1 Å². The average molecular weight is 373 g/mol. The Morgan fingerprint density at radius 3 is 2.26 bits per heavy atom. The fourth-order valence-electron chi connectivity index (χ4n) is 2.40. The highest BCUT2D eigenvalue weighted by molar-refractivity contribution is 5.79. The first kappa shape index (κ1) is 20.7. The van der Waals surface area contributed by atoms with Gasteiger partial charge >= 0.3 is 0 Å². The molecule has 2 aromatic rings. The number of benzene rings is 2. The summed E-state index contributed by atoms with van der Waals surface area (Å²) in [7, 11) is 1.76. The predicted molar refractivity (Wildman–Crippen MR) is 107 cm³/mol. The van der Waals surface area contributed by atoms with Crippen molar-refractivity contribution in [3.05, 3.63) is 59.9 Å². The number of halogens is 1. The Morgan fingerprint density at radius 1 is 0.963 bits per heavy atom. The smallest absolute Gasteiger partial charge is 0.191 e. The van der Waals surface area contributed by atoms with Crippen LogP contribution in [0.4, 0.5) is 4.39 Å². The number of ether oxygens (including phenoxy) is 2. The number of aliphatic imine (C=N–C) groups is 1. The maximum atomic E-state index is 12.9. The van der Waals surface area contributed by atoms with Crippen LogP contribution in [0.1, 0.15) is 25.3 Å². The van der Waals surface area contributed by atoms with Gasteiger partial charge < -0.3 is 20.1 Å². The quantitative estimate of drug-likeness (QED) is 0.374. The Labute approximate surface area is 160 Å². The second-order valence-electron chi connectivity index (χ2n) is 5.96. The first-order valence-corrected chi connectivity index (χ1v) is 9.26. The molecule has 0 unspecified atom stereocenters. The molecule has 0 bridgehead atoms. The van der Waals surface area contributed by atoms with Crippen molar-refractivity contribution in [2.45, 2.75) is 26.3 Å². The Balaban J connectivity index is 1.72. The van der Waals surface area contributed by atoms with Gasteiger partial charge in [0.25, 0.3) is 0 Å². The number of nitrogens with zero attached hydrogens (tertiary/aromatic N) is 1. The molecule has 146 valence electrons. The second kappa shape index (κ2) is 11.9. The molecule has 0 saturated heterocycles. The number of guanidine groups is 1. The van der Waals surface area contributed by atoms with Gasteiger partial charge in [0.15, 0.2) is 5.96 Å². The van der Waals surface area contributed by atoms with Crippen molar-refractivity contribution in [3.63, 3.8) is 0 Å². The van der Waals surface area contributed by atoms with Crippen LogP contribution in [0, 0.1) is 5.82 Å². The molecule has 0 saturated carbocycles. The molecule has 6 heteroatoms. The van der Waals surface area contributed by atoms with Crippen molar-refractivity contribution < 1.29 is 13.9 Å². The number of hydrogen-bond acceptors (Lipinski definition) is 3. The predicted octanol–water partition coefficient (Wildman–Crippen LogP) is 4.10. The van der Waals surface area contributed by atoms with Crippen molar-refractivity contribution in [1.82, 2.24) is 10.6 Å². The molecule has 0 fully saturated rings. The second-order valence-corrected chi connectivity index (χ2v) is 5.96. The molecule has 27 heavy (non-hydrogen) atoms. The van der Waals surface area contributed by atoms with Gasteiger partial charge in [-0.1, -0.05) is 12.1 Å². The summed E-state index contributed by atoms with van der Waals surface area (Å²) < 4.78 is 23.9. The van der Waals surface area contributed by atoms with Crippen LogP contribution in [-0.2, 0) is 11.3 Å². The van der Waals surface area contributed by atoms with E-state index in [-0.39, 0.29) is 5.82 Å². The highest BCUT2D eigenvalue weighted by Crippen LogP contribution is 2.21. The maximum absolute atomic E-state index is 12.9. The Hall–Kier alpha value is -2.60. The minimum Gasteiger partial charge on any atom is -0.457 e. The molecule has 0 aliphatic carbocycles. The molecular weight excluding hydrogens is 345 g/mol. The molecule has 0 atom stereocenters. The van der Waals surface area contributed by atoms with Crippen LogP contribution in [0.25, 0.3) is 0 Å². The molecular formula is C21H28FN3O2. The molecule has 2 aromatic carbocycles. The lowest BCUT2D eigenvalue weighted by Crippen LogP contribution is -2.37. The van der Waals surface area contributed by atoms with Crippen molar-refractivity contribution in [2.24, 2.45) is 4.99 Å². The van der Waals surface area contributed by atoms with Crippen molar-refractivity contribution in [1.29, 1.82) is 0 Å². The van der Waals surface area contributed by atoms with Gasteiger partial charge in [-0.25, -0.2) is 4.39 Å². The maximum Gasteiger partial charge on any atom is 0.191 e. The molecule has 0 amide bonds. The Bertz CT molecular complexity index is 688. The van der Waals surface area contributed by atoms with E-state index < -0.39 is 0 Å². The summed E-state index contributed by atoms with van der Waals surface area (Å²) in [5.74, 6) is 1.82. The summed E-state index contributed by atoms with van der Waals surface area (Å²) in [6.07, 6.45) is 2.07. The Morgan fingerprint density at radius 2 is 1.63 bits per heavy atom. The van der Waals surface area contributed by atoms with Crippen molar-refractivity contribution in [2.75, 3.05) is 26.8 Å². The molecule has 5 nitrogen and oxygen atoms in total. The molecule has 0 radical (unpaired) electrons. The molecule has 0 heterocycles. The normalized spacial score (nSPS) is 11.3. The van der Waals surface area contributed by atoms with Crippen molar-refractivity contribution >= 4 is 5.96 Å². The van der Waals surface area contributed by atoms with Gasteiger partial charge in [0.1, 0.15) is 17.3 Å². The fraction of sp³-hybridized carbons (Fsp3) is 0.381. The van der Waals surface area contributed by atoms with E-state index in [0.29, 0.717) is 18.0 Å². The van der Waals surface area contributed by atoms with Crippen LogP contribution in [0.15, 0.2) is 53.5 Å². The minimum absolute atomic E-state index is 0.278. The van der Waals surface area contributed by atoms with Crippen LogP contribution in [0.2, 0.25) is 0 Å². The van der Waals surface area contributed by atoms with E-state index in [4.69, 9.17) is 9.47 Å². The van der Waals surface area contributed by atoms with Crippen LogP contribution in [0.3, 0.4) is 0 Å². The molecule has 2 rings (SSSR count). The lowest BCUT2D eigenvalue weighted by molar-refractivity contribution is 0.143. The SMILES string of the molecule is CCOCCCCNC(=NC)NCc1ccc(Oc2ccc(F)cc2)cc1. The fourth-order valence-corrected chi connectivity index (χ4v) is 2.40. The van der Waals surface area contributed by atoms with E-state index in [1.807, 2.05) is 31.2 Å². The summed E-state index contributed by atoms with van der Waals surface area (Å²) >= 11 is 0. The van der Waals surface area contributed by atoms with E-state index >= 15 is 0 Å². The van der Waals surface area contributed by atoms with Crippen LogP contribution in [0.5, 0.6) is 11.5 Å². The zero-order valence-corrected chi connectivity index (χ0v) is 16.0. The van der Waals surface area contributed by atoms with Crippen LogP contribution >= 0.6 is 0 Å². The van der Waals surface area contributed by atoms with Gasteiger partial charge in [-0.2, -0.15) is 0 Å². The number of unbranched alkanes of at least 4 members (excludes halogenated alkanes) is 1. The molecule has 0 spiro atoms. The summed E-state index contributed by atoms with van der Waals surface area (Å²) in [5, 5.41) is 6.58. The van der Waals surface area contributed by atoms with E-state index in [1.165, 1.54) is 12.1 Å². The monoisotopic (exact) mass is 373 g/mol. The third kappa shape index (κ3) is 8.09. The van der Waals surface area contributed by atoms with Crippen LogP contribution < -0.4 is 15.4 Å². The van der Waals surface area contributed by atoms with E-state index in [1.54, 1.807) is 19.2 Å². The van der Waals surface area contributed by atoms with Gasteiger partial charge in [0, 0.05) is 33.4 Å². The molecule has 0 aliphatic rings. The number of rotatable bonds is 10. The zero-order valence-electron chi connectivity index (χ0n) is 16.0. The van der Waals surface area contributed by atoms with Gasteiger partial charge in [-0.05, 0) is 61.7 Å². The zero-order chi connectivity index (χ0) is 19.3. The van der Waals surface area contributed by atoms with Gasteiger partial charge in [0.2, 0.25) is 0 Å². The van der Waals surface area contributed by atoms with E-state index in [9.17, 15) is 4.39 Å². The van der Waals surface area contributed by atoms with Crippen molar-refractivity contribution in [3.8, 4) is 11.5 Å². The Kier molecular flexibility index (Phi) is 9.13. The third-order valence-corrected chi connectivity index (χ3v) is 3.87. The summed E-state index contributed by atoms with van der Waals surface area (Å²) in [6.45, 7) is 5.10. The number of nitrogens with one attached hydrogen (secondary N) is 2. The largest absolute Gasteiger partial charge is 0.457 e. The highest BCUT2D eigenvalue weighted by Gasteiger charge is 2.01. The standard InChI is InChI=1S/C21H28FN3O2/c1-3-26-15-5-4-14-24-21(23-2)25-16-17-6-10-19(11-7-17)27-20-12-8-18(22)9-13-20/h6-13H,3-5,14-16H2,1-2H3,(H2,23,24,25). The molecule has 0 aliphatic heterocycles. The van der Waals surface area contributed by atoms with Gasteiger partial charge in [0.05, 0.1) is 0 Å². The van der Waals surface area contributed by atoms with Crippen LogP contribution in [-0.4, -0.2) is 32.8 Å². The highest BCUT2D eigenvalue weighted by atomic mass is 19.1. The first-order chi connectivity index (χ1) is 13.2. The molecule has 2 N–H and O–H groups in total. The average Bonchev–Trinajstić information content (AvgIpc) is 2.70. The lowest BCUT2D eigenvalue weighted by atomic mass is 10.2. The minimum atomic E-state index is -0.278. The van der Waals surface area contributed by atoms with E-state index in [2.05, 4.69) is 15.6 Å².